The third-order valence-corrected chi connectivity index (χ3v) is 5.90. The fourth-order valence-corrected chi connectivity index (χ4v) is 4.13. The van der Waals surface area contributed by atoms with Crippen molar-refractivity contribution in [1.82, 2.24) is 14.9 Å². The molecule has 0 bridgehead atoms. The molecule has 2 aromatic rings. The highest BCUT2D eigenvalue weighted by Crippen LogP contribution is 2.34. The molecule has 10 nitrogen and oxygen atoms in total. The average molecular weight is 469 g/mol. The van der Waals surface area contributed by atoms with E-state index in [0.29, 0.717) is 60.2 Å². The van der Waals surface area contributed by atoms with Gasteiger partial charge in [-0.15, -0.1) is 0 Å². The molecule has 1 aliphatic carbocycles. The van der Waals surface area contributed by atoms with Gasteiger partial charge in [0, 0.05) is 50.4 Å². The molecule has 180 valence electrons. The molecule has 2 aliphatic rings. The maximum Gasteiger partial charge on any atom is 0.204 e. The van der Waals surface area contributed by atoms with Gasteiger partial charge in [-0.2, -0.15) is 0 Å². The second-order valence-electron chi connectivity index (χ2n) is 8.16. The monoisotopic (exact) mass is 468 g/mol. The van der Waals surface area contributed by atoms with Crippen molar-refractivity contribution in [2.75, 3.05) is 52.4 Å². The van der Waals surface area contributed by atoms with E-state index in [-0.39, 0.29) is 29.8 Å². The molecule has 2 N–H and O–H groups in total. The fourth-order valence-electron chi connectivity index (χ4n) is 4.13. The summed E-state index contributed by atoms with van der Waals surface area (Å²) in [6.07, 6.45) is 5.80. The van der Waals surface area contributed by atoms with Crippen LogP contribution in [0.3, 0.4) is 0 Å². The zero-order valence-electron chi connectivity index (χ0n) is 19.2. The van der Waals surface area contributed by atoms with Gasteiger partial charge in [-0.05, 0) is 24.8 Å². The van der Waals surface area contributed by atoms with Crippen LogP contribution in [0.25, 0.3) is 10.9 Å². The van der Waals surface area contributed by atoms with Crippen LogP contribution in [0.5, 0.6) is 11.5 Å². The van der Waals surface area contributed by atoms with Crippen molar-refractivity contribution in [2.24, 2.45) is 5.92 Å². The van der Waals surface area contributed by atoms with Crippen LogP contribution >= 0.6 is 0 Å². The average Bonchev–Trinajstić information content (AvgIpc) is 2.86. The third kappa shape index (κ3) is 5.02. The van der Waals surface area contributed by atoms with Gasteiger partial charge in [0.05, 0.1) is 30.6 Å². The predicted molar refractivity (Wildman–Crippen MR) is 125 cm³/mol. The Balaban J connectivity index is 1.56. The molecule has 34 heavy (non-hydrogen) atoms. The Morgan fingerprint density at radius 3 is 2.74 bits per heavy atom. The van der Waals surface area contributed by atoms with Crippen LogP contribution in [0, 0.1) is 5.92 Å². The van der Waals surface area contributed by atoms with Crippen LogP contribution in [0.4, 0.5) is 5.82 Å². The number of anilines is 1. The van der Waals surface area contributed by atoms with Crippen molar-refractivity contribution in [3.8, 4) is 11.5 Å². The number of aromatic nitrogens is 2. The van der Waals surface area contributed by atoms with Gasteiger partial charge in [-0.1, -0.05) is 0 Å². The number of aliphatic hydroxyl groups excluding tert-OH is 1. The normalized spacial score (nSPS) is 18.6. The highest BCUT2D eigenvalue weighted by molar-refractivity contribution is 6.21. The van der Waals surface area contributed by atoms with Gasteiger partial charge >= 0.3 is 0 Å². The lowest BCUT2D eigenvalue weighted by atomic mass is 9.96. The number of ether oxygens (including phenoxy) is 3. The summed E-state index contributed by atoms with van der Waals surface area (Å²) in [7, 11) is 3.12. The molecule has 1 fully saturated rings. The molecule has 0 saturated carbocycles. The molecular weight excluding hydrogens is 440 g/mol. The number of ketones is 2. The lowest BCUT2D eigenvalue weighted by Gasteiger charge is -2.35. The summed E-state index contributed by atoms with van der Waals surface area (Å²) in [6, 6.07) is 3.45. The molecular formula is C24H28N4O6. The summed E-state index contributed by atoms with van der Waals surface area (Å²) in [6.45, 7) is 2.09. The summed E-state index contributed by atoms with van der Waals surface area (Å²) in [4.78, 5) is 36.2. The number of piperidine rings is 1. The molecule has 0 amide bonds. The van der Waals surface area contributed by atoms with Crippen LogP contribution in [-0.4, -0.2) is 78.7 Å². The zero-order chi connectivity index (χ0) is 24.1. The van der Waals surface area contributed by atoms with Gasteiger partial charge in [0.25, 0.3) is 0 Å². The number of hydrogen-bond acceptors (Lipinski definition) is 10. The minimum atomic E-state index is -0.320. The van der Waals surface area contributed by atoms with Gasteiger partial charge in [-0.25, -0.2) is 9.97 Å². The molecule has 0 spiro atoms. The SMILES string of the molecule is COCCOc1cc2ncnc(NC3=CC(=O)C(N4CCCC(CO)C4)=CC3=O)c2cc1OC. The van der Waals surface area contributed by atoms with E-state index in [4.69, 9.17) is 14.2 Å². The number of hydrogen-bond donors (Lipinski definition) is 2. The van der Waals surface area contributed by atoms with Crippen LogP contribution in [0.15, 0.2) is 42.0 Å². The maximum atomic E-state index is 12.9. The van der Waals surface area contributed by atoms with Crippen molar-refractivity contribution in [2.45, 2.75) is 12.8 Å². The topological polar surface area (TPSA) is 123 Å². The van der Waals surface area contributed by atoms with Crippen molar-refractivity contribution >= 4 is 28.3 Å². The highest BCUT2D eigenvalue weighted by Gasteiger charge is 2.28. The van der Waals surface area contributed by atoms with Crippen molar-refractivity contribution in [1.29, 1.82) is 0 Å². The van der Waals surface area contributed by atoms with E-state index >= 15 is 0 Å². The molecule has 1 aliphatic heterocycles. The largest absolute Gasteiger partial charge is 0.493 e. The third-order valence-electron chi connectivity index (χ3n) is 5.90. The van der Waals surface area contributed by atoms with E-state index in [1.807, 2.05) is 4.90 Å². The van der Waals surface area contributed by atoms with Crippen molar-refractivity contribution < 1.29 is 28.9 Å². The molecule has 1 saturated heterocycles. The molecule has 4 rings (SSSR count). The van der Waals surface area contributed by atoms with E-state index < -0.39 is 0 Å². The summed E-state index contributed by atoms with van der Waals surface area (Å²) in [5.74, 6) is 0.882. The molecule has 1 unspecified atom stereocenters. The molecule has 1 aromatic heterocycles. The number of nitrogens with one attached hydrogen (secondary N) is 1. The molecule has 1 aromatic carbocycles. The van der Waals surface area contributed by atoms with E-state index in [9.17, 15) is 14.7 Å². The second-order valence-corrected chi connectivity index (χ2v) is 8.16. The first-order valence-electron chi connectivity index (χ1n) is 11.1. The van der Waals surface area contributed by atoms with E-state index in [1.54, 1.807) is 19.2 Å². The Morgan fingerprint density at radius 2 is 1.97 bits per heavy atom. The van der Waals surface area contributed by atoms with Gasteiger partial charge in [0.15, 0.2) is 11.5 Å². The van der Waals surface area contributed by atoms with Gasteiger partial charge in [0.1, 0.15) is 18.8 Å². The van der Waals surface area contributed by atoms with Gasteiger partial charge in [0.2, 0.25) is 11.6 Å². The first-order valence-corrected chi connectivity index (χ1v) is 11.1. The summed E-state index contributed by atoms with van der Waals surface area (Å²) in [5, 5.41) is 13.1. The smallest absolute Gasteiger partial charge is 0.204 e. The lowest BCUT2D eigenvalue weighted by molar-refractivity contribution is -0.116. The van der Waals surface area contributed by atoms with Crippen LogP contribution in [0.1, 0.15) is 12.8 Å². The Bertz CT molecular complexity index is 1150. The van der Waals surface area contributed by atoms with Crippen LogP contribution in [-0.2, 0) is 14.3 Å². The quantitative estimate of drug-likeness (QED) is 0.415. The number of fused-ring (bicyclic) bond motifs is 1. The maximum absolute atomic E-state index is 12.9. The first kappa shape index (κ1) is 23.7. The minimum Gasteiger partial charge on any atom is -0.493 e. The van der Waals surface area contributed by atoms with E-state index in [2.05, 4.69) is 15.3 Å². The van der Waals surface area contributed by atoms with Crippen LogP contribution < -0.4 is 14.8 Å². The number of likely N-dealkylation sites (tertiary alicyclic amines) is 1. The standard InChI is InChI=1S/C24H28N4O6/c1-32-6-7-34-23-10-17-16(8-22(23)33-2)24(26-14-25-17)27-18-9-21(31)19(11-20(18)30)28-5-3-4-15(12-28)13-29/h8-11,14-15,29H,3-7,12-13H2,1-2H3,(H,25,26,27). The van der Waals surface area contributed by atoms with Crippen LogP contribution in [0.2, 0.25) is 0 Å². The second kappa shape index (κ2) is 10.6. The number of carbonyl (C=O) groups is 2. The molecule has 0 radical (unpaired) electrons. The van der Waals surface area contributed by atoms with Crippen molar-refractivity contribution in [3.63, 3.8) is 0 Å². The summed E-state index contributed by atoms with van der Waals surface area (Å²) >= 11 is 0. The number of methoxy groups -OCH3 is 2. The number of nitrogens with zero attached hydrogens (tertiary/aromatic N) is 3. The van der Waals surface area contributed by atoms with E-state index in [1.165, 1.54) is 25.6 Å². The molecule has 1 atom stereocenters. The van der Waals surface area contributed by atoms with Crippen molar-refractivity contribution in [3.05, 3.63) is 42.0 Å². The predicted octanol–water partition coefficient (Wildman–Crippen LogP) is 1.70. The summed E-state index contributed by atoms with van der Waals surface area (Å²) in [5.41, 5.74) is 1.07. The Kier molecular flexibility index (Phi) is 7.39. The lowest BCUT2D eigenvalue weighted by Crippen LogP contribution is -2.39. The Hall–Kier alpha value is -3.50. The summed E-state index contributed by atoms with van der Waals surface area (Å²) < 4.78 is 16.2. The van der Waals surface area contributed by atoms with Gasteiger partial charge in [-0.3, -0.25) is 9.59 Å². The number of benzene rings is 1. The molecule has 10 heteroatoms. The fraction of sp³-hybridized carbons (Fsp3) is 0.417. The Labute approximate surface area is 197 Å². The number of allylic oxidation sites excluding steroid dienone is 2. The molecule has 2 heterocycles. The number of aliphatic hydroxyl groups is 1. The highest BCUT2D eigenvalue weighted by atomic mass is 16.5. The number of carbonyl (C=O) groups excluding carboxylic acids is 2. The van der Waals surface area contributed by atoms with E-state index in [0.717, 1.165) is 12.8 Å². The number of rotatable bonds is 9. The first-order chi connectivity index (χ1) is 16.5. The minimum absolute atomic E-state index is 0.0674. The Morgan fingerprint density at radius 1 is 1.12 bits per heavy atom. The zero-order valence-corrected chi connectivity index (χ0v) is 19.2. The van der Waals surface area contributed by atoms with Gasteiger partial charge < -0.3 is 29.5 Å².